The van der Waals surface area contributed by atoms with Crippen LogP contribution in [0.15, 0.2) is 0 Å². The molecule has 0 bridgehead atoms. The fourth-order valence-corrected chi connectivity index (χ4v) is 0.902. The fourth-order valence-electron chi connectivity index (χ4n) is 0.369. The summed E-state index contributed by atoms with van der Waals surface area (Å²) in [5, 5.41) is 0. The van der Waals surface area contributed by atoms with E-state index >= 15 is 0 Å². The molecule has 1 N–H and O–H groups in total. The highest BCUT2D eigenvalue weighted by atomic mass is 28.4. The second-order valence-corrected chi connectivity index (χ2v) is 6.01. The van der Waals surface area contributed by atoms with Gasteiger partial charge in [0.15, 0.2) is 0 Å². The number of nitrogens with one attached hydrogen (secondary N) is 1. The minimum absolute atomic E-state index is 0.889. The molecule has 0 saturated carbocycles. The lowest BCUT2D eigenvalue weighted by molar-refractivity contribution is 0.129. The van der Waals surface area contributed by atoms with Gasteiger partial charge in [0.2, 0.25) is 0 Å². The van der Waals surface area contributed by atoms with Crippen molar-refractivity contribution in [1.82, 2.24) is 5.48 Å². The Morgan fingerprint density at radius 3 is 2.40 bits per heavy atom. The van der Waals surface area contributed by atoms with Gasteiger partial charge in [-0.1, -0.05) is 6.92 Å². The maximum absolute atomic E-state index is 5.29. The second-order valence-electron chi connectivity index (χ2n) is 2.60. The van der Waals surface area contributed by atoms with Gasteiger partial charge in [-0.15, -0.1) is 0 Å². The Bertz CT molecular complexity index is 87.8. The zero-order valence-corrected chi connectivity index (χ0v) is 8.23. The van der Waals surface area contributed by atoms with E-state index in [1.165, 1.54) is 0 Å². The summed E-state index contributed by atoms with van der Waals surface area (Å²) in [6, 6.07) is 0. The van der Waals surface area contributed by atoms with Crippen molar-refractivity contribution in [3.63, 3.8) is 0 Å². The molecule has 0 heterocycles. The van der Waals surface area contributed by atoms with Gasteiger partial charge in [0, 0.05) is 13.7 Å². The van der Waals surface area contributed by atoms with Crippen molar-refractivity contribution in [2.75, 3.05) is 13.7 Å². The Hall–Kier alpha value is 0.0969. The van der Waals surface area contributed by atoms with Crippen LogP contribution in [0.2, 0.25) is 13.1 Å². The molecule has 0 rings (SSSR count). The Morgan fingerprint density at radius 1 is 1.40 bits per heavy atom. The van der Waals surface area contributed by atoms with Crippen molar-refractivity contribution in [1.29, 1.82) is 0 Å². The molecule has 0 amide bonds. The molecule has 0 aromatic carbocycles. The van der Waals surface area contributed by atoms with Crippen molar-refractivity contribution < 1.29 is 8.95 Å². The quantitative estimate of drug-likeness (QED) is 0.376. The highest BCUT2D eigenvalue weighted by molar-refractivity contribution is 6.64. The van der Waals surface area contributed by atoms with Crippen molar-refractivity contribution in [3.8, 4) is 0 Å². The summed E-state index contributed by atoms with van der Waals surface area (Å²) in [6.07, 6.45) is 1.08. The van der Waals surface area contributed by atoms with E-state index in [9.17, 15) is 0 Å². The van der Waals surface area contributed by atoms with Crippen LogP contribution in [0.5, 0.6) is 0 Å². The third kappa shape index (κ3) is 4.93. The summed E-state index contributed by atoms with van der Waals surface area (Å²) in [5.41, 5.74) is 2.86. The van der Waals surface area contributed by atoms with Crippen molar-refractivity contribution in [3.05, 3.63) is 0 Å². The molecule has 0 aliphatic heterocycles. The average Bonchev–Trinajstić information content (AvgIpc) is 1.89. The molecule has 0 unspecified atom stereocenters. The maximum Gasteiger partial charge on any atom is 0.351 e. The maximum atomic E-state index is 5.29. The van der Waals surface area contributed by atoms with Gasteiger partial charge < -0.3 is 8.95 Å². The Labute approximate surface area is 63.9 Å². The Balaban J connectivity index is 3.28. The van der Waals surface area contributed by atoms with Gasteiger partial charge in [-0.2, -0.15) is 0 Å². The van der Waals surface area contributed by atoms with Gasteiger partial charge in [-0.05, 0) is 19.5 Å². The van der Waals surface area contributed by atoms with E-state index in [2.05, 4.69) is 12.4 Å². The van der Waals surface area contributed by atoms with Gasteiger partial charge in [0.1, 0.15) is 0 Å². The van der Waals surface area contributed by atoms with Gasteiger partial charge in [0.25, 0.3) is 0 Å². The molecule has 4 heteroatoms. The molecule has 3 nitrogen and oxygen atoms in total. The first-order chi connectivity index (χ1) is 4.62. The lowest BCUT2D eigenvalue weighted by atomic mass is 10.5. The Morgan fingerprint density at radius 2 is 2.00 bits per heavy atom. The molecule has 0 aliphatic rings. The lowest BCUT2D eigenvalue weighted by Gasteiger charge is -2.19. The standard InChI is InChI=1S/C6H17NO2Si/c1-5-6-7-9-10(3,4)8-2/h7H,5-6H2,1-4H3. The Kier molecular flexibility index (Phi) is 4.89. The zero-order chi connectivity index (χ0) is 8.04. The first-order valence-electron chi connectivity index (χ1n) is 3.58. The summed E-state index contributed by atoms with van der Waals surface area (Å²) < 4.78 is 10.4. The van der Waals surface area contributed by atoms with Crippen LogP contribution in [0.4, 0.5) is 0 Å². The summed E-state index contributed by atoms with van der Waals surface area (Å²) in [5.74, 6) is 0. The van der Waals surface area contributed by atoms with E-state index in [0.717, 1.165) is 13.0 Å². The zero-order valence-electron chi connectivity index (χ0n) is 7.23. The molecule has 0 spiro atoms. The molecular formula is C6H17NO2Si. The minimum atomic E-state index is -1.83. The third-order valence-electron chi connectivity index (χ3n) is 1.16. The number of hydrogen-bond acceptors (Lipinski definition) is 3. The van der Waals surface area contributed by atoms with Crippen LogP contribution in [0.1, 0.15) is 13.3 Å². The summed E-state index contributed by atoms with van der Waals surface area (Å²) in [4.78, 5) is 0. The van der Waals surface area contributed by atoms with Crippen molar-refractivity contribution >= 4 is 8.56 Å². The van der Waals surface area contributed by atoms with E-state index in [-0.39, 0.29) is 0 Å². The highest BCUT2D eigenvalue weighted by Crippen LogP contribution is 2.00. The van der Waals surface area contributed by atoms with E-state index in [1.54, 1.807) is 7.11 Å². The first-order valence-corrected chi connectivity index (χ1v) is 6.40. The topological polar surface area (TPSA) is 30.5 Å². The molecular weight excluding hydrogens is 146 g/mol. The van der Waals surface area contributed by atoms with Crippen LogP contribution < -0.4 is 5.48 Å². The number of hydrogen-bond donors (Lipinski definition) is 1. The molecule has 0 saturated heterocycles. The minimum Gasteiger partial charge on any atom is -0.397 e. The van der Waals surface area contributed by atoms with Gasteiger partial charge in [0.05, 0.1) is 0 Å². The van der Waals surface area contributed by atoms with E-state index in [4.69, 9.17) is 8.95 Å². The van der Waals surface area contributed by atoms with E-state index in [1.807, 2.05) is 13.1 Å². The van der Waals surface area contributed by atoms with Gasteiger partial charge in [-0.25, -0.2) is 5.48 Å². The molecule has 0 radical (unpaired) electrons. The van der Waals surface area contributed by atoms with Crippen LogP contribution >= 0.6 is 0 Å². The van der Waals surface area contributed by atoms with Gasteiger partial charge in [-0.3, -0.25) is 0 Å². The number of hydroxylamine groups is 1. The second kappa shape index (κ2) is 4.84. The summed E-state index contributed by atoms with van der Waals surface area (Å²) in [6.45, 7) is 6.98. The molecule has 0 aromatic heterocycles. The van der Waals surface area contributed by atoms with Crippen molar-refractivity contribution in [2.45, 2.75) is 26.4 Å². The van der Waals surface area contributed by atoms with Gasteiger partial charge >= 0.3 is 8.56 Å². The lowest BCUT2D eigenvalue weighted by Crippen LogP contribution is -2.39. The molecule has 10 heavy (non-hydrogen) atoms. The van der Waals surface area contributed by atoms with Crippen LogP contribution in [0.3, 0.4) is 0 Å². The fraction of sp³-hybridized carbons (Fsp3) is 1.00. The predicted molar refractivity (Wildman–Crippen MR) is 43.9 cm³/mol. The first kappa shape index (κ1) is 10.1. The van der Waals surface area contributed by atoms with Crippen LogP contribution in [-0.2, 0) is 8.95 Å². The smallest absolute Gasteiger partial charge is 0.351 e. The highest BCUT2D eigenvalue weighted by Gasteiger charge is 2.22. The van der Waals surface area contributed by atoms with Crippen LogP contribution in [0, 0.1) is 0 Å². The molecule has 0 fully saturated rings. The average molecular weight is 163 g/mol. The monoisotopic (exact) mass is 163 g/mol. The molecule has 0 aliphatic carbocycles. The van der Waals surface area contributed by atoms with Crippen LogP contribution in [-0.4, -0.2) is 22.2 Å². The van der Waals surface area contributed by atoms with E-state index in [0.29, 0.717) is 0 Å². The number of rotatable bonds is 5. The largest absolute Gasteiger partial charge is 0.397 e. The molecule has 0 atom stereocenters. The predicted octanol–water partition coefficient (Wildman–Crippen LogP) is 1.27. The molecule has 0 aromatic rings. The normalized spacial score (nSPS) is 12.0. The summed E-state index contributed by atoms with van der Waals surface area (Å²) >= 11 is 0. The molecule has 62 valence electrons. The summed E-state index contributed by atoms with van der Waals surface area (Å²) in [7, 11) is -0.145. The van der Waals surface area contributed by atoms with Crippen LogP contribution in [0.25, 0.3) is 0 Å². The van der Waals surface area contributed by atoms with Crippen molar-refractivity contribution in [2.24, 2.45) is 0 Å². The SMILES string of the molecule is CCCNO[Si](C)(C)OC. The third-order valence-corrected chi connectivity index (χ3v) is 2.78. The van der Waals surface area contributed by atoms with E-state index < -0.39 is 8.56 Å².